The molecule has 2 aromatic rings. The van der Waals surface area contributed by atoms with Crippen molar-refractivity contribution in [2.75, 3.05) is 37.0 Å². The summed E-state index contributed by atoms with van der Waals surface area (Å²) in [5.41, 5.74) is 1.38. The van der Waals surface area contributed by atoms with Gasteiger partial charge in [-0.15, -0.1) is 0 Å². The number of fused-ring (bicyclic) bond motifs is 1. The van der Waals surface area contributed by atoms with Crippen molar-refractivity contribution in [3.05, 3.63) is 53.6 Å². The van der Waals surface area contributed by atoms with Crippen LogP contribution in [0.5, 0.6) is 5.75 Å². The van der Waals surface area contributed by atoms with E-state index >= 15 is 0 Å². The molecule has 0 aromatic heterocycles. The van der Waals surface area contributed by atoms with Crippen LogP contribution in [0.3, 0.4) is 0 Å². The van der Waals surface area contributed by atoms with Crippen LogP contribution >= 0.6 is 11.6 Å². The van der Waals surface area contributed by atoms with E-state index < -0.39 is 6.04 Å². The quantitative estimate of drug-likeness (QED) is 0.827. The van der Waals surface area contributed by atoms with E-state index in [0.717, 1.165) is 11.4 Å². The summed E-state index contributed by atoms with van der Waals surface area (Å²) >= 11 is 5.86. The Labute approximate surface area is 163 Å². The van der Waals surface area contributed by atoms with Gasteiger partial charge < -0.3 is 10.1 Å². The summed E-state index contributed by atoms with van der Waals surface area (Å²) in [6.07, 6.45) is 0. The molecule has 0 saturated carbocycles. The smallest absolute Gasteiger partial charge is 0.244 e. The fourth-order valence-corrected chi connectivity index (χ4v) is 3.00. The maximum atomic E-state index is 13.0. The molecule has 0 aliphatic carbocycles. The van der Waals surface area contributed by atoms with Crippen LogP contribution in [0.1, 0.15) is 6.92 Å². The maximum absolute atomic E-state index is 13.0. The van der Waals surface area contributed by atoms with Crippen LogP contribution in [0.25, 0.3) is 0 Å². The van der Waals surface area contributed by atoms with Gasteiger partial charge in [0, 0.05) is 11.6 Å². The van der Waals surface area contributed by atoms with Gasteiger partial charge >= 0.3 is 0 Å². The molecule has 27 heavy (non-hydrogen) atoms. The minimum Gasteiger partial charge on any atom is -0.492 e. The van der Waals surface area contributed by atoms with Gasteiger partial charge in [-0.05, 0) is 50.4 Å². The van der Waals surface area contributed by atoms with Crippen LogP contribution in [0.4, 0.5) is 11.4 Å². The highest BCUT2D eigenvalue weighted by molar-refractivity contribution is 6.30. The van der Waals surface area contributed by atoms with E-state index in [2.05, 4.69) is 5.32 Å². The van der Waals surface area contributed by atoms with Gasteiger partial charge in [0.05, 0.1) is 17.4 Å². The number of nitrogens with one attached hydrogen (secondary N) is 1. The molecule has 1 aliphatic rings. The number of likely N-dealkylation sites (N-methyl/N-ethyl adjacent to an activating group) is 1. The van der Waals surface area contributed by atoms with E-state index in [1.54, 1.807) is 30.3 Å². The van der Waals surface area contributed by atoms with Gasteiger partial charge in [0.25, 0.3) is 0 Å². The molecule has 0 spiro atoms. The lowest BCUT2D eigenvalue weighted by molar-refractivity contribution is -0.125. The zero-order valence-corrected chi connectivity index (χ0v) is 16.1. The second kappa shape index (κ2) is 8.41. The van der Waals surface area contributed by atoms with E-state index in [1.807, 2.05) is 37.1 Å². The first kappa shape index (κ1) is 19.2. The highest BCUT2D eigenvalue weighted by Gasteiger charge is 2.31. The number of nitrogens with zero attached hydrogens (tertiary/aromatic N) is 2. The van der Waals surface area contributed by atoms with Crippen molar-refractivity contribution in [2.24, 2.45) is 0 Å². The average Bonchev–Trinajstić information content (AvgIpc) is 2.67. The second-order valence-corrected chi connectivity index (χ2v) is 6.89. The average molecular weight is 388 g/mol. The zero-order valence-electron chi connectivity index (χ0n) is 15.3. The monoisotopic (exact) mass is 387 g/mol. The number of benzene rings is 2. The Morgan fingerprint density at radius 2 is 1.96 bits per heavy atom. The third-order valence-corrected chi connectivity index (χ3v) is 4.83. The maximum Gasteiger partial charge on any atom is 0.244 e. The van der Waals surface area contributed by atoms with Gasteiger partial charge in [-0.25, -0.2) is 0 Å². The number of hydrogen-bond acceptors (Lipinski definition) is 4. The first-order chi connectivity index (χ1) is 13.0. The largest absolute Gasteiger partial charge is 0.492 e. The van der Waals surface area contributed by atoms with Crippen LogP contribution in [0.2, 0.25) is 5.02 Å². The predicted octanol–water partition coefficient (Wildman–Crippen LogP) is 3.02. The van der Waals surface area contributed by atoms with Crippen molar-refractivity contribution in [1.29, 1.82) is 0 Å². The van der Waals surface area contributed by atoms with Crippen molar-refractivity contribution in [3.63, 3.8) is 0 Å². The molecule has 1 aliphatic heterocycles. The Kier molecular flexibility index (Phi) is 5.98. The fraction of sp³-hybridized carbons (Fsp3) is 0.300. The number of para-hydroxylation sites is 2. The summed E-state index contributed by atoms with van der Waals surface area (Å²) < 4.78 is 5.69. The van der Waals surface area contributed by atoms with Crippen molar-refractivity contribution in [2.45, 2.75) is 13.0 Å². The SMILES string of the molecule is C[C@@H](C(=O)N1CC(=O)Nc2ccccc21)N(C)CCOc1ccc(Cl)cc1. The molecule has 1 heterocycles. The lowest BCUT2D eigenvalue weighted by Crippen LogP contribution is -2.50. The number of carbonyl (C=O) groups is 2. The first-order valence-corrected chi connectivity index (χ1v) is 9.12. The molecule has 1 N–H and O–H groups in total. The summed E-state index contributed by atoms with van der Waals surface area (Å²) in [7, 11) is 1.86. The topological polar surface area (TPSA) is 61.9 Å². The lowest BCUT2D eigenvalue weighted by Gasteiger charge is -2.33. The molecule has 142 valence electrons. The van der Waals surface area contributed by atoms with Gasteiger partial charge in [-0.1, -0.05) is 23.7 Å². The minimum absolute atomic E-state index is 0.0231. The standard InChI is InChI=1S/C20H22ClN3O3/c1-14(23(2)11-12-27-16-9-7-15(21)8-10-16)20(26)24-13-19(25)22-17-5-3-4-6-18(17)24/h3-10,14H,11-13H2,1-2H3,(H,22,25)/t14-/m0/s1. The molecule has 1 atom stereocenters. The predicted molar refractivity (Wildman–Crippen MR) is 106 cm³/mol. The molecule has 0 bridgehead atoms. The Bertz CT molecular complexity index is 825. The van der Waals surface area contributed by atoms with Gasteiger partial charge in [0.15, 0.2) is 0 Å². The van der Waals surface area contributed by atoms with Crippen molar-refractivity contribution < 1.29 is 14.3 Å². The minimum atomic E-state index is -0.391. The van der Waals surface area contributed by atoms with Crippen LogP contribution in [0, 0.1) is 0 Å². The van der Waals surface area contributed by atoms with Crippen LogP contribution < -0.4 is 15.0 Å². The summed E-state index contributed by atoms with van der Waals surface area (Å²) in [5, 5.41) is 3.45. The molecule has 0 unspecified atom stereocenters. The lowest BCUT2D eigenvalue weighted by atomic mass is 10.1. The number of halogens is 1. The highest BCUT2D eigenvalue weighted by Crippen LogP contribution is 2.29. The van der Waals surface area contributed by atoms with E-state index in [1.165, 1.54) is 4.90 Å². The van der Waals surface area contributed by atoms with Crippen LogP contribution in [-0.4, -0.2) is 49.5 Å². The number of hydrogen-bond donors (Lipinski definition) is 1. The molecule has 0 saturated heterocycles. The van der Waals surface area contributed by atoms with E-state index in [4.69, 9.17) is 16.3 Å². The summed E-state index contributed by atoms with van der Waals surface area (Å²) in [6.45, 7) is 2.86. The Balaban J connectivity index is 1.59. The van der Waals surface area contributed by atoms with Crippen LogP contribution in [0.15, 0.2) is 48.5 Å². The van der Waals surface area contributed by atoms with Gasteiger partial charge in [-0.2, -0.15) is 0 Å². The van der Waals surface area contributed by atoms with Crippen LogP contribution in [-0.2, 0) is 9.59 Å². The van der Waals surface area contributed by atoms with Crippen molar-refractivity contribution in [1.82, 2.24) is 4.90 Å². The summed E-state index contributed by atoms with van der Waals surface area (Å²) in [5.74, 6) is 0.419. The second-order valence-electron chi connectivity index (χ2n) is 6.45. The Morgan fingerprint density at radius 1 is 1.26 bits per heavy atom. The summed E-state index contributed by atoms with van der Waals surface area (Å²) in [6, 6.07) is 14.1. The Hall–Kier alpha value is -2.57. The Morgan fingerprint density at radius 3 is 2.70 bits per heavy atom. The molecule has 6 nitrogen and oxygen atoms in total. The van der Waals surface area contributed by atoms with E-state index in [9.17, 15) is 9.59 Å². The van der Waals surface area contributed by atoms with Crippen molar-refractivity contribution in [3.8, 4) is 5.75 Å². The molecule has 2 aromatic carbocycles. The number of ether oxygens (including phenoxy) is 1. The molecular formula is C20H22ClN3O3. The third kappa shape index (κ3) is 4.59. The van der Waals surface area contributed by atoms with E-state index in [-0.39, 0.29) is 18.4 Å². The number of rotatable bonds is 6. The molecule has 0 radical (unpaired) electrons. The third-order valence-electron chi connectivity index (χ3n) is 4.58. The van der Waals surface area contributed by atoms with Gasteiger partial charge in [0.1, 0.15) is 18.9 Å². The zero-order chi connectivity index (χ0) is 19.4. The van der Waals surface area contributed by atoms with E-state index in [0.29, 0.717) is 23.9 Å². The fourth-order valence-electron chi connectivity index (χ4n) is 2.88. The van der Waals surface area contributed by atoms with Gasteiger partial charge in [0.2, 0.25) is 11.8 Å². The van der Waals surface area contributed by atoms with Gasteiger partial charge in [-0.3, -0.25) is 19.4 Å². The normalized spacial score (nSPS) is 14.5. The molecule has 3 rings (SSSR count). The summed E-state index contributed by atoms with van der Waals surface area (Å²) in [4.78, 5) is 28.4. The number of carbonyl (C=O) groups excluding carboxylic acids is 2. The first-order valence-electron chi connectivity index (χ1n) is 8.74. The number of amides is 2. The van der Waals surface area contributed by atoms with Crippen molar-refractivity contribution >= 4 is 34.8 Å². The molecular weight excluding hydrogens is 366 g/mol. The number of anilines is 2. The molecule has 2 amide bonds. The highest BCUT2D eigenvalue weighted by atomic mass is 35.5. The molecule has 7 heteroatoms. The molecule has 0 fully saturated rings.